The van der Waals surface area contributed by atoms with Crippen LogP contribution in [0.5, 0.6) is 23.0 Å². The summed E-state index contributed by atoms with van der Waals surface area (Å²) in [7, 11) is 2.46. The third-order valence-electron chi connectivity index (χ3n) is 8.00. The minimum Gasteiger partial charge on any atom is -0.493 e. The zero-order valence-corrected chi connectivity index (χ0v) is 24.9. The monoisotopic (exact) mass is 580 g/mol. The van der Waals surface area contributed by atoms with Crippen molar-refractivity contribution in [3.05, 3.63) is 76.9 Å². The maximum Gasteiger partial charge on any atom is 0.243 e. The first-order valence-corrected chi connectivity index (χ1v) is 15.0. The predicted molar refractivity (Wildman–Crippen MR) is 154 cm³/mol. The van der Waals surface area contributed by atoms with E-state index in [2.05, 4.69) is 0 Å². The number of aryl methyl sites for hydroxylation is 1. The van der Waals surface area contributed by atoms with Crippen LogP contribution in [0.3, 0.4) is 0 Å². The number of rotatable bonds is 8. The standard InChI is InChI=1S/C31H36N2O7S/c1-20-8-11-23(12-9-20)41(35,36)33-15-6-7-25(33)31(34)32-16-14-21-17-28(39-4)29(40-5)19-24(21)30(32)22-10-13-26(37-2)27(18-22)38-3/h8-13,17-19,25,30H,6-7,14-16H2,1-5H3/t25-,30-/m0/s1. The second kappa shape index (κ2) is 11.6. The Kier molecular flexibility index (Phi) is 8.15. The molecule has 0 saturated carbocycles. The smallest absolute Gasteiger partial charge is 0.243 e. The number of carbonyl (C=O) groups is 1. The molecule has 0 radical (unpaired) electrons. The maximum atomic E-state index is 14.4. The van der Waals surface area contributed by atoms with Crippen LogP contribution in [0.1, 0.15) is 41.1 Å². The molecule has 0 aromatic heterocycles. The predicted octanol–water partition coefficient (Wildman–Crippen LogP) is 4.36. The van der Waals surface area contributed by atoms with Crippen LogP contribution in [0.4, 0.5) is 0 Å². The summed E-state index contributed by atoms with van der Waals surface area (Å²) < 4.78 is 51.0. The highest BCUT2D eigenvalue weighted by Crippen LogP contribution is 2.44. The maximum absolute atomic E-state index is 14.4. The molecule has 1 amide bonds. The van der Waals surface area contributed by atoms with Crippen LogP contribution in [0.25, 0.3) is 0 Å². The van der Waals surface area contributed by atoms with Crippen LogP contribution in [0.2, 0.25) is 0 Å². The van der Waals surface area contributed by atoms with E-state index in [0.717, 1.165) is 22.3 Å². The number of hydrogen-bond acceptors (Lipinski definition) is 7. The first-order valence-electron chi connectivity index (χ1n) is 13.6. The summed E-state index contributed by atoms with van der Waals surface area (Å²) in [6, 6.07) is 14.9. The Morgan fingerprint density at radius 1 is 0.805 bits per heavy atom. The summed E-state index contributed by atoms with van der Waals surface area (Å²) in [6.07, 6.45) is 1.65. The van der Waals surface area contributed by atoms with E-state index in [-0.39, 0.29) is 10.8 Å². The SMILES string of the molecule is COc1ccc([C@H]2c3cc(OC)c(OC)cc3CCN2C(=O)[C@@H]2CCCN2S(=O)(=O)c2ccc(C)cc2)cc1OC. The molecule has 0 spiro atoms. The summed E-state index contributed by atoms with van der Waals surface area (Å²) in [4.78, 5) is 16.4. The molecule has 2 aliphatic heterocycles. The minimum absolute atomic E-state index is 0.195. The van der Waals surface area contributed by atoms with Gasteiger partial charge in [0.15, 0.2) is 23.0 Å². The number of amides is 1. The molecule has 0 bridgehead atoms. The van der Waals surface area contributed by atoms with Crippen molar-refractivity contribution in [3.63, 3.8) is 0 Å². The summed E-state index contributed by atoms with van der Waals surface area (Å²) in [5.41, 5.74) is 3.70. The molecule has 0 unspecified atom stereocenters. The number of methoxy groups -OCH3 is 4. The molecule has 5 rings (SSSR count). The molecule has 218 valence electrons. The molecular formula is C31H36N2O7S. The van der Waals surface area contributed by atoms with Crippen molar-refractivity contribution in [2.75, 3.05) is 41.5 Å². The molecule has 10 heteroatoms. The van der Waals surface area contributed by atoms with Gasteiger partial charge in [0, 0.05) is 13.1 Å². The fraction of sp³-hybridized carbons (Fsp3) is 0.387. The summed E-state index contributed by atoms with van der Waals surface area (Å²) >= 11 is 0. The van der Waals surface area contributed by atoms with Crippen molar-refractivity contribution in [1.82, 2.24) is 9.21 Å². The highest BCUT2D eigenvalue weighted by atomic mass is 32.2. The lowest BCUT2D eigenvalue weighted by Gasteiger charge is -2.40. The largest absolute Gasteiger partial charge is 0.493 e. The molecule has 3 aromatic carbocycles. The van der Waals surface area contributed by atoms with Crippen molar-refractivity contribution in [1.29, 1.82) is 0 Å². The van der Waals surface area contributed by atoms with Crippen LogP contribution < -0.4 is 18.9 Å². The number of sulfonamides is 1. The average Bonchev–Trinajstić information content (AvgIpc) is 3.50. The number of benzene rings is 3. The van der Waals surface area contributed by atoms with Gasteiger partial charge in [-0.2, -0.15) is 4.31 Å². The molecule has 0 aliphatic carbocycles. The molecule has 2 heterocycles. The Labute approximate surface area is 241 Å². The van der Waals surface area contributed by atoms with Gasteiger partial charge in [0.2, 0.25) is 15.9 Å². The van der Waals surface area contributed by atoms with Crippen LogP contribution in [0.15, 0.2) is 59.5 Å². The first kappa shape index (κ1) is 28.8. The Morgan fingerprint density at radius 3 is 2.10 bits per heavy atom. The molecule has 2 atom stereocenters. The first-order chi connectivity index (χ1) is 19.7. The topological polar surface area (TPSA) is 94.6 Å². The van der Waals surface area contributed by atoms with Gasteiger partial charge in [-0.3, -0.25) is 4.79 Å². The van der Waals surface area contributed by atoms with Gasteiger partial charge in [-0.1, -0.05) is 23.8 Å². The van der Waals surface area contributed by atoms with Gasteiger partial charge in [-0.15, -0.1) is 0 Å². The minimum atomic E-state index is -3.86. The van der Waals surface area contributed by atoms with E-state index in [1.165, 1.54) is 4.31 Å². The lowest BCUT2D eigenvalue weighted by atomic mass is 9.87. The molecule has 41 heavy (non-hydrogen) atoms. The highest BCUT2D eigenvalue weighted by Gasteiger charge is 2.44. The number of fused-ring (bicyclic) bond motifs is 1. The van der Waals surface area contributed by atoms with E-state index in [9.17, 15) is 13.2 Å². The van der Waals surface area contributed by atoms with Gasteiger partial charge in [-0.05, 0) is 79.3 Å². The molecule has 0 N–H and O–H groups in total. The van der Waals surface area contributed by atoms with E-state index >= 15 is 0 Å². The third-order valence-corrected chi connectivity index (χ3v) is 9.92. The van der Waals surface area contributed by atoms with Gasteiger partial charge in [0.1, 0.15) is 6.04 Å². The Hall–Kier alpha value is -3.76. The normalized spacial score (nSPS) is 19.0. The quantitative estimate of drug-likeness (QED) is 0.391. The molecule has 1 fully saturated rings. The van der Waals surface area contributed by atoms with Crippen LogP contribution in [0, 0.1) is 6.92 Å². The van der Waals surface area contributed by atoms with Crippen LogP contribution in [-0.2, 0) is 21.2 Å². The Balaban J connectivity index is 1.59. The van der Waals surface area contributed by atoms with Crippen LogP contribution >= 0.6 is 0 Å². The number of nitrogens with zero attached hydrogens (tertiary/aromatic N) is 2. The average molecular weight is 581 g/mol. The molecular weight excluding hydrogens is 544 g/mol. The lowest BCUT2D eigenvalue weighted by molar-refractivity contribution is -0.136. The van der Waals surface area contributed by atoms with E-state index in [4.69, 9.17) is 18.9 Å². The van der Waals surface area contributed by atoms with E-state index in [1.807, 2.05) is 37.3 Å². The molecule has 2 aliphatic rings. The van der Waals surface area contributed by atoms with Gasteiger partial charge in [0.05, 0.1) is 39.4 Å². The van der Waals surface area contributed by atoms with E-state index in [0.29, 0.717) is 55.4 Å². The second-order valence-corrected chi connectivity index (χ2v) is 12.2. The number of hydrogen-bond donors (Lipinski definition) is 0. The van der Waals surface area contributed by atoms with Crippen LogP contribution in [-0.4, -0.2) is 71.1 Å². The molecule has 9 nitrogen and oxygen atoms in total. The van der Waals surface area contributed by atoms with Gasteiger partial charge in [-0.25, -0.2) is 8.42 Å². The van der Waals surface area contributed by atoms with E-state index in [1.54, 1.807) is 57.6 Å². The molecule has 1 saturated heterocycles. The Morgan fingerprint density at radius 2 is 1.44 bits per heavy atom. The summed E-state index contributed by atoms with van der Waals surface area (Å²) in [6.45, 7) is 2.62. The van der Waals surface area contributed by atoms with Crippen molar-refractivity contribution < 1.29 is 32.2 Å². The fourth-order valence-electron chi connectivity index (χ4n) is 5.88. The fourth-order valence-corrected chi connectivity index (χ4v) is 7.53. The van der Waals surface area contributed by atoms with Crippen molar-refractivity contribution in [2.24, 2.45) is 0 Å². The van der Waals surface area contributed by atoms with Crippen molar-refractivity contribution >= 4 is 15.9 Å². The second-order valence-electron chi connectivity index (χ2n) is 10.3. The van der Waals surface area contributed by atoms with Gasteiger partial charge in [0.25, 0.3) is 0 Å². The van der Waals surface area contributed by atoms with Gasteiger partial charge >= 0.3 is 0 Å². The Bertz CT molecular complexity index is 1540. The highest BCUT2D eigenvalue weighted by molar-refractivity contribution is 7.89. The van der Waals surface area contributed by atoms with Gasteiger partial charge < -0.3 is 23.8 Å². The zero-order chi connectivity index (χ0) is 29.3. The zero-order valence-electron chi connectivity index (χ0n) is 24.0. The summed E-state index contributed by atoms with van der Waals surface area (Å²) in [5.74, 6) is 2.05. The third kappa shape index (κ3) is 5.22. The lowest BCUT2D eigenvalue weighted by Crippen LogP contribution is -2.50. The summed E-state index contributed by atoms with van der Waals surface area (Å²) in [5, 5.41) is 0. The van der Waals surface area contributed by atoms with Crippen molar-refractivity contribution in [3.8, 4) is 23.0 Å². The number of ether oxygens (including phenoxy) is 4. The van der Waals surface area contributed by atoms with E-state index < -0.39 is 22.1 Å². The van der Waals surface area contributed by atoms with Crippen molar-refractivity contribution in [2.45, 2.75) is 43.2 Å². The molecule has 3 aromatic rings. The number of carbonyl (C=O) groups excluding carboxylic acids is 1.